The number of allylic oxidation sites excluding steroid dienone is 2. The number of rotatable bonds is 4. The molecule has 1 aromatic heterocycles. The van der Waals surface area contributed by atoms with Crippen LogP contribution < -0.4 is 5.32 Å². The predicted molar refractivity (Wildman–Crippen MR) is 63.1 cm³/mol. The summed E-state index contributed by atoms with van der Waals surface area (Å²) in [5.74, 6) is 1.61. The fourth-order valence-corrected chi connectivity index (χ4v) is 2.26. The van der Waals surface area contributed by atoms with E-state index >= 15 is 0 Å². The lowest BCUT2D eigenvalue weighted by Gasteiger charge is -2.23. The van der Waals surface area contributed by atoms with Gasteiger partial charge in [0.2, 0.25) is 0 Å². The van der Waals surface area contributed by atoms with E-state index in [1.54, 1.807) is 6.08 Å². The van der Waals surface area contributed by atoms with Gasteiger partial charge in [-0.3, -0.25) is 4.79 Å². The number of ketones is 1. The van der Waals surface area contributed by atoms with Gasteiger partial charge < -0.3 is 5.32 Å². The molecule has 0 spiro atoms. The average Bonchev–Trinajstić information content (AvgIpc) is 2.67. The molecule has 2 rings (SSSR count). The number of aromatic amines is 1. The average molecular weight is 235 g/mol. The molecule has 0 amide bonds. The van der Waals surface area contributed by atoms with E-state index in [1.165, 1.54) is 0 Å². The summed E-state index contributed by atoms with van der Waals surface area (Å²) in [4.78, 5) is 11.6. The van der Waals surface area contributed by atoms with Crippen LogP contribution in [0.3, 0.4) is 0 Å². The molecule has 92 valence electrons. The van der Waals surface area contributed by atoms with Crippen LogP contribution in [0.5, 0.6) is 0 Å². The number of hydrogen-bond acceptors (Lipinski definition) is 5. The largest absolute Gasteiger partial charge is 0.325 e. The Labute approximate surface area is 99.9 Å². The number of carbonyl (C=O) groups is 1. The number of anilines is 1. The fraction of sp³-hybridized carbons (Fsp3) is 0.636. The van der Waals surface area contributed by atoms with Gasteiger partial charge in [0, 0.05) is 18.2 Å². The minimum atomic E-state index is 0.174. The summed E-state index contributed by atoms with van der Waals surface area (Å²) in [6, 6.07) is 0. The number of tetrazole rings is 1. The van der Waals surface area contributed by atoms with Crippen molar-refractivity contribution in [1.29, 1.82) is 0 Å². The van der Waals surface area contributed by atoms with Crippen molar-refractivity contribution in [2.24, 2.45) is 11.8 Å². The van der Waals surface area contributed by atoms with Crippen molar-refractivity contribution >= 4 is 11.7 Å². The lowest BCUT2D eigenvalue weighted by atomic mass is 9.85. The van der Waals surface area contributed by atoms with Crippen LogP contribution in [0.2, 0.25) is 0 Å². The molecule has 1 aliphatic rings. The second-order valence-corrected chi connectivity index (χ2v) is 4.90. The van der Waals surface area contributed by atoms with E-state index < -0.39 is 0 Å². The number of nitrogens with one attached hydrogen (secondary N) is 2. The van der Waals surface area contributed by atoms with Gasteiger partial charge in [-0.05, 0) is 29.9 Å². The number of nitrogens with zero attached hydrogens (tertiary/aromatic N) is 3. The van der Waals surface area contributed by atoms with E-state index in [0.29, 0.717) is 24.2 Å². The summed E-state index contributed by atoms with van der Waals surface area (Å²) >= 11 is 0. The molecule has 1 aliphatic carbocycles. The van der Waals surface area contributed by atoms with E-state index in [1.807, 2.05) is 0 Å². The van der Waals surface area contributed by atoms with Gasteiger partial charge in [-0.15, -0.1) is 5.10 Å². The van der Waals surface area contributed by atoms with Crippen molar-refractivity contribution in [1.82, 2.24) is 20.6 Å². The Balaban J connectivity index is 2.00. The summed E-state index contributed by atoms with van der Waals surface area (Å²) < 4.78 is 0. The van der Waals surface area contributed by atoms with Crippen molar-refractivity contribution in [2.45, 2.75) is 33.1 Å². The van der Waals surface area contributed by atoms with Crippen LogP contribution in [-0.4, -0.2) is 26.4 Å². The molecule has 0 radical (unpaired) electrons. The highest BCUT2D eigenvalue weighted by molar-refractivity contribution is 5.91. The molecule has 6 heteroatoms. The Kier molecular flexibility index (Phi) is 3.51. The summed E-state index contributed by atoms with van der Waals surface area (Å²) in [6.07, 6.45) is 4.23. The molecule has 6 nitrogen and oxygen atoms in total. The summed E-state index contributed by atoms with van der Waals surface area (Å²) in [5.41, 5.74) is 0.883. The molecule has 0 aliphatic heterocycles. The second-order valence-electron chi connectivity index (χ2n) is 4.90. The van der Waals surface area contributed by atoms with Gasteiger partial charge in [0.05, 0.1) is 0 Å². The number of H-pyrrole nitrogens is 1. The van der Waals surface area contributed by atoms with Gasteiger partial charge in [0.25, 0.3) is 5.95 Å². The maximum atomic E-state index is 11.6. The van der Waals surface area contributed by atoms with Crippen LogP contribution in [0.1, 0.15) is 33.1 Å². The van der Waals surface area contributed by atoms with Gasteiger partial charge in [-0.25, -0.2) is 0 Å². The first-order chi connectivity index (χ1) is 8.13. The Bertz CT molecular complexity index is 410. The van der Waals surface area contributed by atoms with Gasteiger partial charge in [-0.1, -0.05) is 18.9 Å². The smallest absolute Gasteiger partial charge is 0.267 e. The molecule has 1 atom stereocenters. The molecule has 0 unspecified atom stereocenters. The van der Waals surface area contributed by atoms with Crippen LogP contribution in [0, 0.1) is 11.8 Å². The summed E-state index contributed by atoms with van der Waals surface area (Å²) in [5, 5.41) is 16.5. The molecule has 0 bridgehead atoms. The van der Waals surface area contributed by atoms with Gasteiger partial charge in [0.15, 0.2) is 5.78 Å². The van der Waals surface area contributed by atoms with Crippen LogP contribution in [-0.2, 0) is 4.79 Å². The standard InChI is InChI=1S/C11H17N5O/c1-7(2)3-8-4-9(6-10(17)5-8)12-11-13-15-16-14-11/h6-8H,3-5H2,1-2H3,(H2,12,13,14,15,16)/t8-/m0/s1. The Hall–Kier alpha value is -1.72. The first-order valence-corrected chi connectivity index (χ1v) is 5.87. The summed E-state index contributed by atoms with van der Waals surface area (Å²) in [7, 11) is 0. The normalized spacial score (nSPS) is 20.5. The van der Waals surface area contributed by atoms with E-state index in [9.17, 15) is 4.79 Å². The molecule has 17 heavy (non-hydrogen) atoms. The first kappa shape index (κ1) is 11.8. The molecule has 0 saturated carbocycles. The third-order valence-electron chi connectivity index (χ3n) is 2.76. The summed E-state index contributed by atoms with van der Waals surface area (Å²) in [6.45, 7) is 4.35. The van der Waals surface area contributed by atoms with Crippen molar-refractivity contribution in [2.75, 3.05) is 5.32 Å². The third-order valence-corrected chi connectivity index (χ3v) is 2.76. The topological polar surface area (TPSA) is 83.6 Å². The highest BCUT2D eigenvalue weighted by Gasteiger charge is 2.22. The molecule has 2 N–H and O–H groups in total. The zero-order valence-corrected chi connectivity index (χ0v) is 10.1. The minimum absolute atomic E-state index is 0.174. The Morgan fingerprint density at radius 2 is 2.35 bits per heavy atom. The predicted octanol–water partition coefficient (Wildman–Crippen LogP) is 1.52. The SMILES string of the molecule is CC(C)C[C@@H]1CC(=O)C=C(Nc2nn[nH]n2)C1. The highest BCUT2D eigenvalue weighted by Crippen LogP contribution is 2.27. The molecule has 0 aromatic carbocycles. The molecular weight excluding hydrogens is 218 g/mol. The monoisotopic (exact) mass is 235 g/mol. The third kappa shape index (κ3) is 3.37. The molecule has 1 heterocycles. The zero-order chi connectivity index (χ0) is 12.3. The quantitative estimate of drug-likeness (QED) is 0.826. The lowest BCUT2D eigenvalue weighted by molar-refractivity contribution is -0.116. The maximum Gasteiger partial charge on any atom is 0.267 e. The molecule has 1 aromatic rings. The van der Waals surface area contributed by atoms with E-state index in [4.69, 9.17) is 0 Å². The van der Waals surface area contributed by atoms with Crippen molar-refractivity contribution in [3.8, 4) is 0 Å². The van der Waals surface area contributed by atoms with Crippen LogP contribution in [0.4, 0.5) is 5.95 Å². The fourth-order valence-electron chi connectivity index (χ4n) is 2.26. The molecular formula is C11H17N5O. The highest BCUT2D eigenvalue weighted by atomic mass is 16.1. The second kappa shape index (κ2) is 5.07. The lowest BCUT2D eigenvalue weighted by Crippen LogP contribution is -2.19. The minimum Gasteiger partial charge on any atom is -0.325 e. The number of aromatic nitrogens is 4. The number of carbonyl (C=O) groups excluding carboxylic acids is 1. The van der Waals surface area contributed by atoms with Crippen molar-refractivity contribution in [3.63, 3.8) is 0 Å². The van der Waals surface area contributed by atoms with Crippen molar-refractivity contribution in [3.05, 3.63) is 11.8 Å². The molecule has 0 fully saturated rings. The maximum absolute atomic E-state index is 11.6. The zero-order valence-electron chi connectivity index (χ0n) is 10.1. The number of hydrogen-bond donors (Lipinski definition) is 2. The van der Waals surface area contributed by atoms with Crippen LogP contribution >= 0.6 is 0 Å². The van der Waals surface area contributed by atoms with E-state index in [0.717, 1.165) is 18.5 Å². The van der Waals surface area contributed by atoms with Crippen LogP contribution in [0.15, 0.2) is 11.8 Å². The first-order valence-electron chi connectivity index (χ1n) is 5.87. The van der Waals surface area contributed by atoms with Gasteiger partial charge in [-0.2, -0.15) is 5.21 Å². The van der Waals surface area contributed by atoms with Gasteiger partial charge >= 0.3 is 0 Å². The van der Waals surface area contributed by atoms with E-state index in [2.05, 4.69) is 39.8 Å². The van der Waals surface area contributed by atoms with E-state index in [-0.39, 0.29) is 5.78 Å². The molecule has 0 saturated heterocycles. The van der Waals surface area contributed by atoms with Crippen LogP contribution in [0.25, 0.3) is 0 Å². The van der Waals surface area contributed by atoms with Crippen molar-refractivity contribution < 1.29 is 4.79 Å². The Morgan fingerprint density at radius 3 is 3.00 bits per heavy atom. The van der Waals surface area contributed by atoms with Gasteiger partial charge in [0.1, 0.15) is 0 Å². The Morgan fingerprint density at radius 1 is 1.53 bits per heavy atom.